The molecule has 2 heterocycles. The second-order valence-corrected chi connectivity index (χ2v) is 6.86. The molecular weight excluding hydrogens is 344 g/mol. The van der Waals surface area contributed by atoms with Crippen molar-refractivity contribution in [1.82, 2.24) is 4.57 Å². The van der Waals surface area contributed by atoms with Crippen molar-refractivity contribution in [3.05, 3.63) is 88.7 Å². The molecule has 0 aliphatic carbocycles. The third kappa shape index (κ3) is 3.17. The van der Waals surface area contributed by atoms with Crippen molar-refractivity contribution in [2.75, 3.05) is 5.32 Å². The van der Waals surface area contributed by atoms with E-state index in [9.17, 15) is 9.59 Å². The summed E-state index contributed by atoms with van der Waals surface area (Å²) >= 11 is 1.42. The van der Waals surface area contributed by atoms with E-state index in [1.807, 2.05) is 76.7 Å². The van der Waals surface area contributed by atoms with Crippen LogP contribution in [-0.4, -0.2) is 16.3 Å². The van der Waals surface area contributed by atoms with Gasteiger partial charge in [-0.1, -0.05) is 42.5 Å². The standard InChI is InChI=1S/C21H16N2O2S/c24-20(22-15-7-2-1-3-8-15)14-23-13-17(16-9-4-5-10-18(16)23)21(25)19-11-6-12-26-19/h1-13H,14H2,(H,22,24). The first-order valence-electron chi connectivity index (χ1n) is 8.23. The van der Waals surface area contributed by atoms with E-state index >= 15 is 0 Å². The number of hydrogen-bond acceptors (Lipinski definition) is 3. The zero-order valence-electron chi connectivity index (χ0n) is 13.9. The monoisotopic (exact) mass is 360 g/mol. The van der Waals surface area contributed by atoms with Crippen molar-refractivity contribution in [2.45, 2.75) is 6.54 Å². The number of amides is 1. The number of benzene rings is 2. The number of anilines is 1. The number of carbonyl (C=O) groups excluding carboxylic acids is 2. The topological polar surface area (TPSA) is 51.1 Å². The molecule has 26 heavy (non-hydrogen) atoms. The Morgan fingerprint density at radius 2 is 1.69 bits per heavy atom. The summed E-state index contributed by atoms with van der Waals surface area (Å²) in [6.07, 6.45) is 1.78. The quantitative estimate of drug-likeness (QED) is 0.530. The number of para-hydroxylation sites is 2. The second-order valence-electron chi connectivity index (χ2n) is 5.91. The maximum absolute atomic E-state index is 12.8. The van der Waals surface area contributed by atoms with Crippen molar-refractivity contribution in [2.24, 2.45) is 0 Å². The highest BCUT2D eigenvalue weighted by molar-refractivity contribution is 7.12. The Morgan fingerprint density at radius 3 is 2.46 bits per heavy atom. The maximum atomic E-state index is 12.8. The summed E-state index contributed by atoms with van der Waals surface area (Å²) in [5, 5.41) is 5.63. The molecule has 0 saturated heterocycles. The molecule has 0 atom stereocenters. The van der Waals surface area contributed by atoms with Crippen molar-refractivity contribution in [3.63, 3.8) is 0 Å². The molecule has 0 radical (unpaired) electrons. The molecule has 4 rings (SSSR count). The predicted octanol–water partition coefficient (Wildman–Crippen LogP) is 4.57. The van der Waals surface area contributed by atoms with Crippen LogP contribution in [0.15, 0.2) is 78.3 Å². The molecule has 0 bridgehead atoms. The first-order valence-corrected chi connectivity index (χ1v) is 9.11. The molecule has 2 aromatic carbocycles. The summed E-state index contributed by atoms with van der Waals surface area (Å²) in [5.74, 6) is -0.148. The van der Waals surface area contributed by atoms with Crippen LogP contribution < -0.4 is 5.32 Å². The number of aromatic nitrogens is 1. The lowest BCUT2D eigenvalue weighted by atomic mass is 10.1. The molecule has 1 amide bonds. The van der Waals surface area contributed by atoms with Crippen molar-refractivity contribution in [3.8, 4) is 0 Å². The molecule has 4 nitrogen and oxygen atoms in total. The molecule has 0 spiro atoms. The molecular formula is C21H16N2O2S. The predicted molar refractivity (Wildman–Crippen MR) is 105 cm³/mol. The van der Waals surface area contributed by atoms with Crippen LogP contribution in [0.25, 0.3) is 10.9 Å². The van der Waals surface area contributed by atoms with Crippen LogP contribution in [0.4, 0.5) is 5.69 Å². The van der Waals surface area contributed by atoms with E-state index in [0.717, 1.165) is 16.6 Å². The van der Waals surface area contributed by atoms with Gasteiger partial charge < -0.3 is 9.88 Å². The van der Waals surface area contributed by atoms with Crippen molar-refractivity contribution < 1.29 is 9.59 Å². The lowest BCUT2D eigenvalue weighted by Crippen LogP contribution is -2.18. The van der Waals surface area contributed by atoms with Crippen molar-refractivity contribution >= 4 is 39.6 Å². The van der Waals surface area contributed by atoms with E-state index in [1.165, 1.54) is 11.3 Å². The maximum Gasteiger partial charge on any atom is 0.244 e. The zero-order valence-corrected chi connectivity index (χ0v) is 14.7. The lowest BCUT2D eigenvalue weighted by molar-refractivity contribution is -0.116. The Hall–Kier alpha value is -3.18. The number of rotatable bonds is 5. The second kappa shape index (κ2) is 6.98. The van der Waals surface area contributed by atoms with Gasteiger partial charge in [0.15, 0.2) is 0 Å². The number of ketones is 1. The Morgan fingerprint density at radius 1 is 0.923 bits per heavy atom. The fourth-order valence-corrected chi connectivity index (χ4v) is 3.65. The number of thiophene rings is 1. The first-order chi connectivity index (χ1) is 12.7. The summed E-state index contributed by atoms with van der Waals surface area (Å²) in [6.45, 7) is 0.146. The Kier molecular flexibility index (Phi) is 4.37. The van der Waals surface area contributed by atoms with E-state index in [4.69, 9.17) is 0 Å². The highest BCUT2D eigenvalue weighted by Crippen LogP contribution is 2.25. The van der Waals surface area contributed by atoms with Gasteiger partial charge in [-0.2, -0.15) is 0 Å². The normalized spacial score (nSPS) is 10.8. The number of carbonyl (C=O) groups is 2. The smallest absolute Gasteiger partial charge is 0.244 e. The summed E-state index contributed by atoms with van der Waals surface area (Å²) < 4.78 is 1.83. The number of nitrogens with zero attached hydrogens (tertiary/aromatic N) is 1. The van der Waals surface area contributed by atoms with Gasteiger partial charge in [0.2, 0.25) is 11.7 Å². The molecule has 4 aromatic rings. The minimum atomic E-state index is -0.132. The molecule has 0 unspecified atom stereocenters. The number of hydrogen-bond donors (Lipinski definition) is 1. The molecule has 0 saturated carbocycles. The van der Waals surface area contributed by atoms with Crippen LogP contribution in [0.1, 0.15) is 15.2 Å². The minimum absolute atomic E-state index is 0.0154. The van der Waals surface area contributed by atoms with E-state index < -0.39 is 0 Å². The van der Waals surface area contributed by atoms with Crippen LogP contribution in [0.5, 0.6) is 0 Å². The van der Waals surface area contributed by atoms with Crippen LogP contribution in [0.3, 0.4) is 0 Å². The van der Waals surface area contributed by atoms with Crippen LogP contribution in [0, 0.1) is 0 Å². The number of nitrogens with one attached hydrogen (secondary N) is 1. The molecule has 1 N–H and O–H groups in total. The highest BCUT2D eigenvalue weighted by Gasteiger charge is 2.18. The van der Waals surface area contributed by atoms with Gasteiger partial charge in [-0.05, 0) is 29.6 Å². The van der Waals surface area contributed by atoms with E-state index in [0.29, 0.717) is 10.4 Å². The number of fused-ring (bicyclic) bond motifs is 1. The third-order valence-corrected chi connectivity index (χ3v) is 5.02. The van der Waals surface area contributed by atoms with E-state index in [1.54, 1.807) is 6.20 Å². The van der Waals surface area contributed by atoms with Crippen molar-refractivity contribution in [1.29, 1.82) is 0 Å². The lowest BCUT2D eigenvalue weighted by Gasteiger charge is -2.07. The SMILES string of the molecule is O=C(Cn1cc(C(=O)c2cccs2)c2ccccc21)Nc1ccccc1. The Balaban J connectivity index is 1.65. The Labute approximate surface area is 154 Å². The fraction of sp³-hybridized carbons (Fsp3) is 0.0476. The third-order valence-electron chi connectivity index (χ3n) is 4.15. The molecule has 0 aliphatic heterocycles. The fourth-order valence-electron chi connectivity index (χ4n) is 2.98. The van der Waals surface area contributed by atoms with Crippen LogP contribution in [-0.2, 0) is 11.3 Å². The molecule has 5 heteroatoms. The largest absolute Gasteiger partial charge is 0.337 e. The van der Waals surface area contributed by atoms with E-state index in [-0.39, 0.29) is 18.2 Å². The van der Waals surface area contributed by atoms with Gasteiger partial charge in [0, 0.05) is 28.4 Å². The van der Waals surface area contributed by atoms with Gasteiger partial charge in [0.1, 0.15) is 6.54 Å². The van der Waals surface area contributed by atoms with Gasteiger partial charge in [-0.25, -0.2) is 0 Å². The van der Waals surface area contributed by atoms with Gasteiger partial charge >= 0.3 is 0 Å². The average molecular weight is 360 g/mol. The Bertz CT molecular complexity index is 1070. The minimum Gasteiger partial charge on any atom is -0.337 e. The van der Waals surface area contributed by atoms with Gasteiger partial charge in [-0.15, -0.1) is 11.3 Å². The van der Waals surface area contributed by atoms with Gasteiger partial charge in [-0.3, -0.25) is 9.59 Å². The summed E-state index contributed by atoms with van der Waals surface area (Å²) in [4.78, 5) is 25.9. The first kappa shape index (κ1) is 16.3. The van der Waals surface area contributed by atoms with Crippen LogP contribution >= 0.6 is 11.3 Å². The molecule has 2 aromatic heterocycles. The average Bonchev–Trinajstić information content (AvgIpc) is 3.31. The summed E-state index contributed by atoms with van der Waals surface area (Å²) in [7, 11) is 0. The van der Waals surface area contributed by atoms with Gasteiger partial charge in [0.25, 0.3) is 0 Å². The summed E-state index contributed by atoms with van der Waals surface area (Å²) in [6, 6.07) is 20.7. The van der Waals surface area contributed by atoms with Gasteiger partial charge in [0.05, 0.1) is 4.88 Å². The zero-order chi connectivity index (χ0) is 17.9. The van der Waals surface area contributed by atoms with Crippen LogP contribution in [0.2, 0.25) is 0 Å². The van der Waals surface area contributed by atoms with E-state index in [2.05, 4.69) is 5.32 Å². The summed E-state index contributed by atoms with van der Waals surface area (Å²) in [5.41, 5.74) is 2.25. The molecule has 0 aliphatic rings. The molecule has 128 valence electrons. The highest BCUT2D eigenvalue weighted by atomic mass is 32.1. The molecule has 0 fully saturated rings.